The molecule has 16 heavy (non-hydrogen) atoms. The second-order valence-electron chi connectivity index (χ2n) is 4.66. The average Bonchev–Trinajstić information content (AvgIpc) is 2.40. The van der Waals surface area contributed by atoms with E-state index in [1.807, 2.05) is 35.2 Å². The van der Waals surface area contributed by atoms with E-state index in [0.29, 0.717) is 12.1 Å². The molecular formula is C13H16N2O. The molecular weight excluding hydrogens is 200 g/mol. The zero-order valence-electron chi connectivity index (χ0n) is 9.23. The Morgan fingerprint density at radius 2 is 2.06 bits per heavy atom. The van der Waals surface area contributed by atoms with Crippen LogP contribution in [0.1, 0.15) is 23.2 Å². The van der Waals surface area contributed by atoms with Crippen molar-refractivity contribution in [1.29, 1.82) is 0 Å². The molecule has 3 fully saturated rings. The molecule has 1 N–H and O–H groups in total. The van der Waals surface area contributed by atoms with Gasteiger partial charge in [-0.2, -0.15) is 0 Å². The van der Waals surface area contributed by atoms with Gasteiger partial charge in [-0.15, -0.1) is 0 Å². The molecule has 0 spiro atoms. The van der Waals surface area contributed by atoms with Crippen molar-refractivity contribution in [3.05, 3.63) is 35.9 Å². The highest BCUT2D eigenvalue weighted by Gasteiger charge is 2.36. The third kappa shape index (κ3) is 1.61. The predicted molar refractivity (Wildman–Crippen MR) is 62.3 cm³/mol. The van der Waals surface area contributed by atoms with Crippen LogP contribution in [0.5, 0.6) is 0 Å². The fourth-order valence-corrected chi connectivity index (χ4v) is 2.70. The second-order valence-corrected chi connectivity index (χ2v) is 4.66. The van der Waals surface area contributed by atoms with E-state index in [4.69, 9.17) is 0 Å². The molecule has 2 atom stereocenters. The van der Waals surface area contributed by atoms with Gasteiger partial charge in [0.2, 0.25) is 0 Å². The molecule has 0 unspecified atom stereocenters. The van der Waals surface area contributed by atoms with Gasteiger partial charge in [-0.3, -0.25) is 4.79 Å². The second kappa shape index (κ2) is 3.91. The molecule has 1 aromatic rings. The average molecular weight is 216 g/mol. The summed E-state index contributed by atoms with van der Waals surface area (Å²) >= 11 is 0. The Labute approximate surface area is 95.4 Å². The van der Waals surface area contributed by atoms with Crippen molar-refractivity contribution >= 4 is 5.91 Å². The standard InChI is InChI=1S/C13H16N2O/c16-13(10-4-2-1-3-5-10)15-9-11-6-7-12(15)8-14-11/h1-5,11-12,14H,6-9H2/t11-,12+/m1/s1. The molecule has 84 valence electrons. The van der Waals surface area contributed by atoms with E-state index in [9.17, 15) is 4.79 Å². The van der Waals surface area contributed by atoms with E-state index in [-0.39, 0.29) is 5.91 Å². The number of hydrogen-bond donors (Lipinski definition) is 1. The molecule has 3 heterocycles. The maximum absolute atomic E-state index is 12.3. The fourth-order valence-electron chi connectivity index (χ4n) is 2.70. The molecule has 3 heteroatoms. The number of nitrogens with zero attached hydrogens (tertiary/aromatic N) is 1. The van der Waals surface area contributed by atoms with Gasteiger partial charge in [-0.25, -0.2) is 0 Å². The minimum Gasteiger partial charge on any atom is -0.333 e. The van der Waals surface area contributed by atoms with Gasteiger partial charge in [0.25, 0.3) is 5.91 Å². The Balaban J connectivity index is 1.81. The summed E-state index contributed by atoms with van der Waals surface area (Å²) in [7, 11) is 0. The van der Waals surface area contributed by atoms with Crippen LogP contribution in [0, 0.1) is 0 Å². The van der Waals surface area contributed by atoms with Gasteiger partial charge >= 0.3 is 0 Å². The van der Waals surface area contributed by atoms with Crippen LogP contribution in [0.4, 0.5) is 0 Å². The number of benzene rings is 1. The van der Waals surface area contributed by atoms with Crippen molar-refractivity contribution in [3.8, 4) is 0 Å². The number of nitrogens with one attached hydrogen (secondary N) is 1. The minimum atomic E-state index is 0.191. The lowest BCUT2D eigenvalue weighted by molar-refractivity contribution is 0.0441. The summed E-state index contributed by atoms with van der Waals surface area (Å²) in [6, 6.07) is 10.5. The van der Waals surface area contributed by atoms with Gasteiger partial charge in [0.05, 0.1) is 0 Å². The maximum atomic E-state index is 12.3. The van der Waals surface area contributed by atoms with E-state index in [1.165, 1.54) is 6.42 Å². The maximum Gasteiger partial charge on any atom is 0.254 e. The molecule has 3 aliphatic rings. The predicted octanol–water partition coefficient (Wildman–Crippen LogP) is 1.26. The molecule has 3 saturated heterocycles. The summed E-state index contributed by atoms with van der Waals surface area (Å²) in [5.74, 6) is 0.191. The third-order valence-corrected chi connectivity index (χ3v) is 3.63. The monoisotopic (exact) mass is 216 g/mol. The van der Waals surface area contributed by atoms with E-state index in [0.717, 1.165) is 25.1 Å². The van der Waals surface area contributed by atoms with Crippen LogP contribution in [-0.2, 0) is 0 Å². The van der Waals surface area contributed by atoms with Crippen LogP contribution in [0.15, 0.2) is 30.3 Å². The van der Waals surface area contributed by atoms with Gasteiger partial charge in [-0.1, -0.05) is 18.2 Å². The van der Waals surface area contributed by atoms with Gasteiger partial charge in [0, 0.05) is 30.7 Å². The smallest absolute Gasteiger partial charge is 0.254 e. The Morgan fingerprint density at radius 3 is 2.62 bits per heavy atom. The van der Waals surface area contributed by atoms with Crippen molar-refractivity contribution in [2.75, 3.05) is 13.1 Å². The van der Waals surface area contributed by atoms with Crippen LogP contribution in [0.25, 0.3) is 0 Å². The molecule has 0 aromatic heterocycles. The topological polar surface area (TPSA) is 32.3 Å². The molecule has 0 saturated carbocycles. The highest BCUT2D eigenvalue weighted by Crippen LogP contribution is 2.23. The number of carbonyl (C=O) groups excluding carboxylic acids is 1. The van der Waals surface area contributed by atoms with Crippen molar-refractivity contribution in [2.45, 2.75) is 24.9 Å². The normalized spacial score (nSPS) is 28.1. The Bertz CT molecular complexity index is 382. The number of amides is 1. The molecule has 0 aliphatic carbocycles. The van der Waals surface area contributed by atoms with Crippen molar-refractivity contribution < 1.29 is 4.79 Å². The van der Waals surface area contributed by atoms with E-state index >= 15 is 0 Å². The summed E-state index contributed by atoms with van der Waals surface area (Å²) in [6.45, 7) is 1.83. The molecule has 3 nitrogen and oxygen atoms in total. The highest BCUT2D eigenvalue weighted by molar-refractivity contribution is 5.94. The molecule has 1 aromatic carbocycles. The SMILES string of the molecule is O=C(c1ccccc1)N1C[C@H]2CC[C@H]1CN2. The third-order valence-electron chi connectivity index (χ3n) is 3.63. The number of rotatable bonds is 1. The zero-order valence-corrected chi connectivity index (χ0v) is 9.23. The summed E-state index contributed by atoms with van der Waals surface area (Å²) in [5.41, 5.74) is 0.815. The first-order valence-corrected chi connectivity index (χ1v) is 5.94. The number of carbonyl (C=O) groups is 1. The van der Waals surface area contributed by atoms with Gasteiger partial charge < -0.3 is 10.2 Å². The van der Waals surface area contributed by atoms with Crippen LogP contribution in [-0.4, -0.2) is 36.0 Å². The van der Waals surface area contributed by atoms with Gasteiger partial charge in [-0.05, 0) is 25.0 Å². The summed E-state index contributed by atoms with van der Waals surface area (Å²) in [6.07, 6.45) is 2.36. The van der Waals surface area contributed by atoms with Gasteiger partial charge in [0.1, 0.15) is 0 Å². The van der Waals surface area contributed by atoms with E-state index in [1.54, 1.807) is 0 Å². The largest absolute Gasteiger partial charge is 0.333 e. The highest BCUT2D eigenvalue weighted by atomic mass is 16.2. The van der Waals surface area contributed by atoms with E-state index < -0.39 is 0 Å². The fraction of sp³-hybridized carbons (Fsp3) is 0.462. The van der Waals surface area contributed by atoms with Crippen LogP contribution >= 0.6 is 0 Å². The lowest BCUT2D eigenvalue weighted by atomic mass is 9.92. The first kappa shape index (κ1) is 9.85. The van der Waals surface area contributed by atoms with Crippen molar-refractivity contribution in [1.82, 2.24) is 10.2 Å². The quantitative estimate of drug-likeness (QED) is 0.766. The number of fused-ring (bicyclic) bond motifs is 3. The summed E-state index contributed by atoms with van der Waals surface area (Å²) in [4.78, 5) is 14.3. The first-order chi connectivity index (χ1) is 7.84. The number of hydrogen-bond acceptors (Lipinski definition) is 2. The Hall–Kier alpha value is -1.35. The lowest BCUT2D eigenvalue weighted by Gasteiger charge is -2.45. The first-order valence-electron chi connectivity index (χ1n) is 5.94. The number of piperazine rings is 1. The zero-order chi connectivity index (χ0) is 11.0. The molecule has 3 aliphatic heterocycles. The minimum absolute atomic E-state index is 0.191. The Kier molecular flexibility index (Phi) is 2.40. The Morgan fingerprint density at radius 1 is 1.25 bits per heavy atom. The summed E-state index contributed by atoms with van der Waals surface area (Å²) in [5, 5.41) is 3.46. The molecule has 4 rings (SSSR count). The molecule has 1 amide bonds. The van der Waals surface area contributed by atoms with Crippen LogP contribution in [0.3, 0.4) is 0 Å². The van der Waals surface area contributed by atoms with Crippen molar-refractivity contribution in [2.24, 2.45) is 0 Å². The van der Waals surface area contributed by atoms with Crippen LogP contribution in [0.2, 0.25) is 0 Å². The van der Waals surface area contributed by atoms with Crippen molar-refractivity contribution in [3.63, 3.8) is 0 Å². The lowest BCUT2D eigenvalue weighted by Crippen LogP contribution is -2.62. The summed E-state index contributed by atoms with van der Waals surface area (Å²) < 4.78 is 0. The van der Waals surface area contributed by atoms with E-state index in [2.05, 4.69) is 5.32 Å². The molecule has 0 radical (unpaired) electrons. The van der Waals surface area contributed by atoms with Crippen LogP contribution < -0.4 is 5.32 Å². The number of piperidine rings is 2. The van der Waals surface area contributed by atoms with Gasteiger partial charge in [0.15, 0.2) is 0 Å². The molecule has 2 bridgehead atoms.